The average Bonchev–Trinajstić information content (AvgIpc) is 2.36. The zero-order valence-electron chi connectivity index (χ0n) is 12.6. The van der Waals surface area contributed by atoms with Crippen LogP contribution in [0.2, 0.25) is 0 Å². The maximum atomic E-state index is 5.10. The third-order valence-electron chi connectivity index (χ3n) is 3.42. The first-order chi connectivity index (χ1) is 8.65. The van der Waals surface area contributed by atoms with Crippen LogP contribution in [0, 0.1) is 5.92 Å². The van der Waals surface area contributed by atoms with Crippen LogP contribution in [0.5, 0.6) is 0 Å². The number of hydrogen-bond acceptors (Lipinski definition) is 3. The molecule has 1 saturated heterocycles. The molecule has 1 heterocycles. The topological polar surface area (TPSA) is 48.9 Å². The fraction of sp³-hybridized carbons (Fsp3) is 0.923. The predicted molar refractivity (Wildman–Crippen MR) is 91.5 cm³/mol. The highest BCUT2D eigenvalue weighted by atomic mass is 127. The second-order valence-electron chi connectivity index (χ2n) is 5.20. The van der Waals surface area contributed by atoms with E-state index in [2.05, 4.69) is 34.5 Å². The molecule has 0 radical (unpaired) electrons. The SMILES string of the molecule is CN=C(NCC1CCN(C)CC1)NC(C)COC.I. The summed E-state index contributed by atoms with van der Waals surface area (Å²) >= 11 is 0. The van der Waals surface area contributed by atoms with E-state index in [1.165, 1.54) is 25.9 Å². The molecule has 1 rings (SSSR count). The molecule has 0 aromatic rings. The van der Waals surface area contributed by atoms with Gasteiger partial charge in [-0.15, -0.1) is 24.0 Å². The highest BCUT2D eigenvalue weighted by Gasteiger charge is 2.16. The largest absolute Gasteiger partial charge is 0.383 e. The Hall–Kier alpha value is -0.0800. The number of piperidine rings is 1. The molecule has 6 heteroatoms. The summed E-state index contributed by atoms with van der Waals surface area (Å²) in [5.41, 5.74) is 0. The Balaban J connectivity index is 0.00000324. The third-order valence-corrected chi connectivity index (χ3v) is 3.42. The molecule has 2 N–H and O–H groups in total. The van der Waals surface area contributed by atoms with Crippen LogP contribution in [0.25, 0.3) is 0 Å². The molecule has 19 heavy (non-hydrogen) atoms. The van der Waals surface area contributed by atoms with Crippen LogP contribution >= 0.6 is 24.0 Å². The lowest BCUT2D eigenvalue weighted by atomic mass is 9.97. The maximum Gasteiger partial charge on any atom is 0.191 e. The summed E-state index contributed by atoms with van der Waals surface area (Å²) < 4.78 is 5.10. The molecule has 5 nitrogen and oxygen atoms in total. The first kappa shape index (κ1) is 18.9. The van der Waals surface area contributed by atoms with Crippen molar-refractivity contribution in [3.05, 3.63) is 0 Å². The summed E-state index contributed by atoms with van der Waals surface area (Å²) in [7, 11) is 5.72. The molecule has 0 bridgehead atoms. The van der Waals surface area contributed by atoms with Gasteiger partial charge < -0.3 is 20.3 Å². The van der Waals surface area contributed by atoms with Crippen molar-refractivity contribution in [1.29, 1.82) is 0 Å². The molecule has 114 valence electrons. The van der Waals surface area contributed by atoms with Gasteiger partial charge in [0.25, 0.3) is 0 Å². The van der Waals surface area contributed by atoms with E-state index >= 15 is 0 Å². The van der Waals surface area contributed by atoms with Crippen molar-refractivity contribution in [1.82, 2.24) is 15.5 Å². The first-order valence-electron chi connectivity index (χ1n) is 6.80. The van der Waals surface area contributed by atoms with E-state index in [4.69, 9.17) is 4.74 Å². The van der Waals surface area contributed by atoms with E-state index in [1.54, 1.807) is 7.11 Å². The molecule has 0 aliphatic carbocycles. The first-order valence-corrected chi connectivity index (χ1v) is 6.80. The number of methoxy groups -OCH3 is 1. The molecular weight excluding hydrogens is 355 g/mol. The van der Waals surface area contributed by atoms with Gasteiger partial charge in [-0.1, -0.05) is 0 Å². The lowest BCUT2D eigenvalue weighted by Crippen LogP contribution is -2.46. The van der Waals surface area contributed by atoms with E-state index in [-0.39, 0.29) is 30.0 Å². The lowest BCUT2D eigenvalue weighted by molar-refractivity contribution is 0.178. The van der Waals surface area contributed by atoms with Gasteiger partial charge in [0.05, 0.1) is 6.61 Å². The van der Waals surface area contributed by atoms with E-state index in [9.17, 15) is 0 Å². The van der Waals surface area contributed by atoms with E-state index in [1.807, 2.05) is 7.05 Å². The van der Waals surface area contributed by atoms with E-state index < -0.39 is 0 Å². The number of nitrogens with zero attached hydrogens (tertiary/aromatic N) is 2. The fourth-order valence-corrected chi connectivity index (χ4v) is 2.23. The van der Waals surface area contributed by atoms with Crippen molar-refractivity contribution in [3.63, 3.8) is 0 Å². The van der Waals surface area contributed by atoms with Gasteiger partial charge in [-0.3, -0.25) is 4.99 Å². The van der Waals surface area contributed by atoms with Crippen LogP contribution in [0.15, 0.2) is 4.99 Å². The monoisotopic (exact) mass is 384 g/mol. The quantitative estimate of drug-likeness (QED) is 0.424. The van der Waals surface area contributed by atoms with Gasteiger partial charge in [-0.05, 0) is 45.8 Å². The summed E-state index contributed by atoms with van der Waals surface area (Å²) in [5, 5.41) is 6.73. The van der Waals surface area contributed by atoms with Gasteiger partial charge in [0, 0.05) is 26.7 Å². The number of guanidine groups is 1. The molecule has 1 fully saturated rings. The molecule has 1 aliphatic heterocycles. The summed E-state index contributed by atoms with van der Waals surface area (Å²) in [5.74, 6) is 1.64. The minimum Gasteiger partial charge on any atom is -0.383 e. The van der Waals surface area contributed by atoms with Gasteiger partial charge in [-0.25, -0.2) is 0 Å². The van der Waals surface area contributed by atoms with Crippen LogP contribution in [0.1, 0.15) is 19.8 Å². The van der Waals surface area contributed by atoms with E-state index in [0.717, 1.165) is 18.4 Å². The molecule has 0 aromatic heterocycles. The number of ether oxygens (including phenoxy) is 1. The lowest BCUT2D eigenvalue weighted by Gasteiger charge is -2.29. The van der Waals surface area contributed by atoms with Crippen LogP contribution in [0.3, 0.4) is 0 Å². The molecule has 0 amide bonds. The Morgan fingerprint density at radius 1 is 1.42 bits per heavy atom. The van der Waals surface area contributed by atoms with Crippen molar-refractivity contribution in [3.8, 4) is 0 Å². The predicted octanol–water partition coefficient (Wildman–Crippen LogP) is 1.15. The Morgan fingerprint density at radius 2 is 2.05 bits per heavy atom. The minimum atomic E-state index is 0. The van der Waals surface area contributed by atoms with E-state index in [0.29, 0.717) is 6.61 Å². The van der Waals surface area contributed by atoms with Crippen LogP contribution < -0.4 is 10.6 Å². The van der Waals surface area contributed by atoms with Crippen molar-refractivity contribution < 1.29 is 4.74 Å². The Morgan fingerprint density at radius 3 is 2.58 bits per heavy atom. The smallest absolute Gasteiger partial charge is 0.191 e. The molecular formula is C13H29IN4O. The van der Waals surface area contributed by atoms with Gasteiger partial charge in [0.15, 0.2) is 5.96 Å². The molecule has 0 aromatic carbocycles. The number of hydrogen-bond donors (Lipinski definition) is 2. The Bertz CT molecular complexity index is 255. The number of halogens is 1. The standard InChI is InChI=1S/C13H28N4O.HI/c1-11(10-18-4)16-13(14-2)15-9-12-5-7-17(3)8-6-12;/h11-12H,5-10H2,1-4H3,(H2,14,15,16);1H. The van der Waals surface area contributed by atoms with Crippen molar-refractivity contribution in [2.45, 2.75) is 25.8 Å². The highest BCUT2D eigenvalue weighted by molar-refractivity contribution is 14.0. The number of likely N-dealkylation sites (tertiary alicyclic amines) is 1. The molecule has 1 aliphatic rings. The second-order valence-corrected chi connectivity index (χ2v) is 5.20. The maximum absolute atomic E-state index is 5.10. The number of aliphatic imine (C=N–C) groups is 1. The normalized spacial score (nSPS) is 19.7. The Kier molecular flexibility index (Phi) is 10.6. The van der Waals surface area contributed by atoms with Crippen molar-refractivity contribution >= 4 is 29.9 Å². The van der Waals surface area contributed by atoms with Crippen LogP contribution in [0.4, 0.5) is 0 Å². The molecule has 0 saturated carbocycles. The van der Waals surface area contributed by atoms with Crippen LogP contribution in [-0.2, 0) is 4.74 Å². The van der Waals surface area contributed by atoms with Crippen molar-refractivity contribution in [2.24, 2.45) is 10.9 Å². The highest BCUT2D eigenvalue weighted by Crippen LogP contribution is 2.14. The third kappa shape index (κ3) is 7.94. The van der Waals surface area contributed by atoms with Crippen LogP contribution in [-0.4, -0.2) is 64.3 Å². The van der Waals surface area contributed by atoms with Crippen molar-refractivity contribution in [2.75, 3.05) is 47.4 Å². The minimum absolute atomic E-state index is 0. The van der Waals surface area contributed by atoms with Gasteiger partial charge in [0.1, 0.15) is 0 Å². The number of rotatable bonds is 5. The summed E-state index contributed by atoms with van der Waals surface area (Å²) in [6, 6.07) is 0.277. The molecule has 0 spiro atoms. The second kappa shape index (κ2) is 10.7. The Labute approximate surface area is 134 Å². The number of nitrogens with one attached hydrogen (secondary N) is 2. The molecule has 1 unspecified atom stereocenters. The van der Waals surface area contributed by atoms with Gasteiger partial charge in [-0.2, -0.15) is 0 Å². The van der Waals surface area contributed by atoms with Gasteiger partial charge >= 0.3 is 0 Å². The average molecular weight is 384 g/mol. The fourth-order valence-electron chi connectivity index (χ4n) is 2.23. The summed E-state index contributed by atoms with van der Waals surface area (Å²) in [6.07, 6.45) is 2.54. The summed E-state index contributed by atoms with van der Waals surface area (Å²) in [6.45, 7) is 6.20. The zero-order chi connectivity index (χ0) is 13.4. The zero-order valence-corrected chi connectivity index (χ0v) is 14.9. The van der Waals surface area contributed by atoms with Gasteiger partial charge in [0.2, 0.25) is 0 Å². The summed E-state index contributed by atoms with van der Waals surface area (Å²) in [4.78, 5) is 6.63. The molecule has 1 atom stereocenters.